The van der Waals surface area contributed by atoms with E-state index in [-0.39, 0.29) is 5.60 Å². The zero-order valence-corrected chi connectivity index (χ0v) is 10.7. The van der Waals surface area contributed by atoms with Gasteiger partial charge in [-0.15, -0.1) is 0 Å². The maximum atomic E-state index is 12.0. The van der Waals surface area contributed by atoms with E-state index in [0.717, 1.165) is 12.8 Å². The van der Waals surface area contributed by atoms with E-state index in [9.17, 15) is 8.42 Å². The normalized spacial score (nSPS) is 25.0. The monoisotopic (exact) mass is 255 g/mol. The molecule has 1 atom stereocenters. The van der Waals surface area contributed by atoms with Crippen LogP contribution in [0, 0.1) is 0 Å². The maximum Gasteiger partial charge on any atom is 0.240 e. The molecule has 1 heterocycles. The Labute approximate surface area is 102 Å². The summed E-state index contributed by atoms with van der Waals surface area (Å²) in [6.45, 7) is 2.97. The lowest BCUT2D eigenvalue weighted by molar-refractivity contribution is 0.0250. The second kappa shape index (κ2) is 4.76. The van der Waals surface area contributed by atoms with Gasteiger partial charge in [-0.25, -0.2) is 13.1 Å². The third kappa shape index (κ3) is 3.06. The third-order valence-electron chi connectivity index (χ3n) is 2.99. The summed E-state index contributed by atoms with van der Waals surface area (Å²) >= 11 is 0. The van der Waals surface area contributed by atoms with Gasteiger partial charge in [-0.2, -0.15) is 0 Å². The van der Waals surface area contributed by atoms with Crippen molar-refractivity contribution >= 4 is 10.0 Å². The van der Waals surface area contributed by atoms with Crippen molar-refractivity contribution in [2.45, 2.75) is 30.3 Å². The van der Waals surface area contributed by atoms with Crippen molar-refractivity contribution in [3.63, 3.8) is 0 Å². The first-order chi connectivity index (χ1) is 8.02. The summed E-state index contributed by atoms with van der Waals surface area (Å²) in [5, 5.41) is 0. The molecule has 94 valence electrons. The number of benzene rings is 1. The predicted molar refractivity (Wildman–Crippen MR) is 65.2 cm³/mol. The molecule has 4 nitrogen and oxygen atoms in total. The largest absolute Gasteiger partial charge is 0.374 e. The van der Waals surface area contributed by atoms with Gasteiger partial charge in [0.15, 0.2) is 0 Å². The molecule has 1 aromatic rings. The second-order valence-electron chi connectivity index (χ2n) is 4.54. The van der Waals surface area contributed by atoms with Crippen LogP contribution in [-0.4, -0.2) is 27.2 Å². The third-order valence-corrected chi connectivity index (χ3v) is 4.41. The average Bonchev–Trinajstić information content (AvgIpc) is 2.76. The van der Waals surface area contributed by atoms with Crippen molar-refractivity contribution in [1.29, 1.82) is 0 Å². The van der Waals surface area contributed by atoms with Gasteiger partial charge in [0.05, 0.1) is 10.5 Å². The fraction of sp³-hybridized carbons (Fsp3) is 0.500. The van der Waals surface area contributed by atoms with Gasteiger partial charge >= 0.3 is 0 Å². The van der Waals surface area contributed by atoms with E-state index in [1.807, 2.05) is 6.92 Å². The van der Waals surface area contributed by atoms with Crippen LogP contribution in [0.15, 0.2) is 35.2 Å². The predicted octanol–water partition coefficient (Wildman–Crippen LogP) is 1.53. The summed E-state index contributed by atoms with van der Waals surface area (Å²) in [7, 11) is -3.42. The van der Waals surface area contributed by atoms with Crippen molar-refractivity contribution in [2.24, 2.45) is 0 Å². The van der Waals surface area contributed by atoms with Gasteiger partial charge in [0.25, 0.3) is 0 Å². The molecule has 0 radical (unpaired) electrons. The van der Waals surface area contributed by atoms with E-state index in [1.54, 1.807) is 30.3 Å². The average molecular weight is 255 g/mol. The number of hydrogen-bond donors (Lipinski definition) is 1. The summed E-state index contributed by atoms with van der Waals surface area (Å²) < 4.78 is 32.1. The molecule has 1 N–H and O–H groups in total. The Hall–Kier alpha value is -0.910. The molecular weight excluding hydrogens is 238 g/mol. The standard InChI is InChI=1S/C12H17NO3S/c1-12(8-5-9-16-12)10-13-17(14,15)11-6-3-2-4-7-11/h2-4,6-7,13H,5,8-10H2,1H3. The number of nitrogens with one attached hydrogen (secondary N) is 1. The van der Waals surface area contributed by atoms with Crippen LogP contribution in [0.4, 0.5) is 0 Å². The molecular formula is C12H17NO3S. The Morgan fingerprint density at radius 2 is 2.06 bits per heavy atom. The van der Waals surface area contributed by atoms with Crippen LogP contribution in [0.25, 0.3) is 0 Å². The molecule has 0 saturated carbocycles. The van der Waals surface area contributed by atoms with Gasteiger partial charge in [-0.1, -0.05) is 18.2 Å². The van der Waals surface area contributed by atoms with Gasteiger partial charge in [0.2, 0.25) is 10.0 Å². The fourth-order valence-electron chi connectivity index (χ4n) is 1.91. The topological polar surface area (TPSA) is 55.4 Å². The molecule has 1 aliphatic rings. The number of ether oxygens (including phenoxy) is 1. The highest BCUT2D eigenvalue weighted by Gasteiger charge is 2.31. The van der Waals surface area contributed by atoms with Crippen molar-refractivity contribution in [2.75, 3.05) is 13.2 Å². The number of rotatable bonds is 4. The van der Waals surface area contributed by atoms with Crippen LogP contribution in [0.1, 0.15) is 19.8 Å². The summed E-state index contributed by atoms with van der Waals surface area (Å²) in [6, 6.07) is 8.38. The van der Waals surface area contributed by atoms with E-state index < -0.39 is 10.0 Å². The first kappa shape index (κ1) is 12.5. The minimum Gasteiger partial charge on any atom is -0.374 e. The highest BCUT2D eigenvalue weighted by Crippen LogP contribution is 2.24. The Morgan fingerprint density at radius 1 is 1.35 bits per heavy atom. The lowest BCUT2D eigenvalue weighted by Crippen LogP contribution is -2.40. The summed E-state index contributed by atoms with van der Waals surface area (Å²) in [6.07, 6.45) is 1.88. The Morgan fingerprint density at radius 3 is 2.65 bits per heavy atom. The Bertz CT molecular complexity index is 464. The first-order valence-corrected chi connectivity index (χ1v) is 7.19. The molecule has 1 unspecified atom stereocenters. The zero-order chi connectivity index (χ0) is 12.4. The van der Waals surface area contributed by atoms with E-state index in [0.29, 0.717) is 18.0 Å². The van der Waals surface area contributed by atoms with Crippen LogP contribution in [0.5, 0.6) is 0 Å². The highest BCUT2D eigenvalue weighted by molar-refractivity contribution is 7.89. The van der Waals surface area contributed by atoms with Gasteiger partial charge in [-0.05, 0) is 31.9 Å². The van der Waals surface area contributed by atoms with Gasteiger partial charge < -0.3 is 4.74 Å². The smallest absolute Gasteiger partial charge is 0.240 e. The molecule has 1 saturated heterocycles. The fourth-order valence-corrected chi connectivity index (χ4v) is 3.08. The molecule has 5 heteroatoms. The highest BCUT2D eigenvalue weighted by atomic mass is 32.2. The van der Waals surface area contributed by atoms with E-state index in [1.165, 1.54) is 0 Å². The lowest BCUT2D eigenvalue weighted by Gasteiger charge is -2.23. The minimum absolute atomic E-state index is 0.293. The van der Waals surface area contributed by atoms with Gasteiger partial charge in [0, 0.05) is 13.2 Å². The van der Waals surface area contributed by atoms with Crippen LogP contribution < -0.4 is 4.72 Å². The zero-order valence-electron chi connectivity index (χ0n) is 9.85. The molecule has 0 spiro atoms. The summed E-state index contributed by atoms with van der Waals surface area (Å²) in [5.74, 6) is 0. The molecule has 1 fully saturated rings. The van der Waals surface area contributed by atoms with Gasteiger partial charge in [0.1, 0.15) is 0 Å². The van der Waals surface area contributed by atoms with Crippen LogP contribution >= 0.6 is 0 Å². The van der Waals surface area contributed by atoms with Crippen LogP contribution in [-0.2, 0) is 14.8 Å². The van der Waals surface area contributed by atoms with Crippen molar-refractivity contribution < 1.29 is 13.2 Å². The quantitative estimate of drug-likeness (QED) is 0.887. The number of hydrogen-bond acceptors (Lipinski definition) is 3. The molecule has 2 rings (SSSR count). The Balaban J connectivity index is 2.04. The lowest BCUT2D eigenvalue weighted by atomic mass is 10.0. The SMILES string of the molecule is CC1(CNS(=O)(=O)c2ccccc2)CCCO1. The molecule has 0 aromatic heterocycles. The molecule has 0 amide bonds. The van der Waals surface area contributed by atoms with Gasteiger partial charge in [-0.3, -0.25) is 0 Å². The Kier molecular flexibility index (Phi) is 3.51. The maximum absolute atomic E-state index is 12.0. The molecule has 1 aliphatic heterocycles. The minimum atomic E-state index is -3.42. The van der Waals surface area contributed by atoms with E-state index in [2.05, 4.69) is 4.72 Å². The second-order valence-corrected chi connectivity index (χ2v) is 6.31. The molecule has 0 aliphatic carbocycles. The summed E-state index contributed by atoms with van der Waals surface area (Å²) in [4.78, 5) is 0.293. The van der Waals surface area contributed by atoms with Crippen LogP contribution in [0.2, 0.25) is 0 Å². The van der Waals surface area contributed by atoms with Crippen molar-refractivity contribution in [3.05, 3.63) is 30.3 Å². The molecule has 1 aromatic carbocycles. The van der Waals surface area contributed by atoms with Crippen molar-refractivity contribution in [1.82, 2.24) is 4.72 Å². The van der Waals surface area contributed by atoms with Crippen molar-refractivity contribution in [3.8, 4) is 0 Å². The number of sulfonamides is 1. The molecule has 0 bridgehead atoms. The molecule has 17 heavy (non-hydrogen) atoms. The van der Waals surface area contributed by atoms with E-state index in [4.69, 9.17) is 4.74 Å². The van der Waals surface area contributed by atoms with E-state index >= 15 is 0 Å². The summed E-state index contributed by atoms with van der Waals surface area (Å²) in [5.41, 5.74) is -0.359. The first-order valence-electron chi connectivity index (χ1n) is 5.71. The van der Waals surface area contributed by atoms with Crippen LogP contribution in [0.3, 0.4) is 0 Å².